The van der Waals surface area contributed by atoms with E-state index in [2.05, 4.69) is 31.4 Å². The Morgan fingerprint density at radius 1 is 0.900 bits per heavy atom. The minimum Gasteiger partial charge on any atom is -0.313 e. The summed E-state index contributed by atoms with van der Waals surface area (Å²) in [5.74, 6) is 0.738. The fraction of sp³-hybridized carbons (Fsp3) is 1.00. The lowest BCUT2D eigenvalue weighted by molar-refractivity contribution is 0.361. The maximum atomic E-state index is 3.46. The predicted octanol–water partition coefficient (Wildman–Crippen LogP) is 0.592. The highest BCUT2D eigenvalue weighted by Crippen LogP contribution is 2.09. The van der Waals surface area contributed by atoms with Gasteiger partial charge in [-0.3, -0.25) is 0 Å². The van der Waals surface area contributed by atoms with E-state index in [1.165, 1.54) is 0 Å². The number of rotatable bonds is 0. The summed E-state index contributed by atoms with van der Waals surface area (Å²) in [4.78, 5) is 0. The van der Waals surface area contributed by atoms with E-state index >= 15 is 0 Å². The largest absolute Gasteiger partial charge is 0.313 e. The van der Waals surface area contributed by atoms with Crippen LogP contribution in [-0.4, -0.2) is 25.2 Å². The van der Waals surface area contributed by atoms with E-state index in [1.54, 1.807) is 0 Å². The van der Waals surface area contributed by atoms with Crippen LogP contribution in [0.2, 0.25) is 0 Å². The van der Waals surface area contributed by atoms with Gasteiger partial charge in [-0.2, -0.15) is 0 Å². The first-order chi connectivity index (χ1) is 4.72. The molecule has 2 N–H and O–H groups in total. The first kappa shape index (κ1) is 8.02. The fourth-order valence-electron chi connectivity index (χ4n) is 1.40. The Balaban J connectivity index is 2.46. The van der Waals surface area contributed by atoms with Gasteiger partial charge in [-0.15, -0.1) is 0 Å². The molecule has 60 valence electrons. The van der Waals surface area contributed by atoms with E-state index in [4.69, 9.17) is 0 Å². The van der Waals surface area contributed by atoms with Crippen LogP contribution in [0.4, 0.5) is 0 Å². The lowest BCUT2D eigenvalue weighted by atomic mass is 9.97. The highest BCUT2D eigenvalue weighted by molar-refractivity contribution is 4.81. The van der Waals surface area contributed by atoms with Crippen LogP contribution in [0, 0.1) is 5.92 Å². The predicted molar refractivity (Wildman–Crippen MR) is 44.1 cm³/mol. The molecule has 1 saturated heterocycles. The maximum absolute atomic E-state index is 3.46. The molecule has 1 heterocycles. The van der Waals surface area contributed by atoms with Gasteiger partial charge in [0, 0.05) is 25.2 Å². The second kappa shape index (κ2) is 3.35. The monoisotopic (exact) mass is 142 g/mol. The highest BCUT2D eigenvalue weighted by Gasteiger charge is 2.20. The van der Waals surface area contributed by atoms with E-state index in [9.17, 15) is 0 Å². The van der Waals surface area contributed by atoms with Crippen molar-refractivity contribution in [3.05, 3.63) is 0 Å². The molecule has 10 heavy (non-hydrogen) atoms. The maximum Gasteiger partial charge on any atom is 0.00796 e. The van der Waals surface area contributed by atoms with Crippen molar-refractivity contribution in [2.75, 3.05) is 13.1 Å². The number of hydrogen-bond donors (Lipinski definition) is 2. The zero-order valence-electron chi connectivity index (χ0n) is 7.15. The zero-order valence-corrected chi connectivity index (χ0v) is 7.15. The van der Waals surface area contributed by atoms with Crippen molar-refractivity contribution in [3.63, 3.8) is 0 Å². The topological polar surface area (TPSA) is 24.1 Å². The van der Waals surface area contributed by atoms with Crippen molar-refractivity contribution in [1.29, 1.82) is 0 Å². The minimum atomic E-state index is 0.657. The smallest absolute Gasteiger partial charge is 0.00796 e. The minimum absolute atomic E-state index is 0.657. The lowest BCUT2D eigenvalue weighted by Crippen LogP contribution is -2.36. The number of nitrogens with one attached hydrogen (secondary N) is 2. The molecular formula is C8H18N2. The molecule has 2 atom stereocenters. The molecule has 2 unspecified atom stereocenters. The summed E-state index contributed by atoms with van der Waals surface area (Å²) in [5.41, 5.74) is 0. The first-order valence-electron chi connectivity index (χ1n) is 4.18. The summed E-state index contributed by atoms with van der Waals surface area (Å²) in [7, 11) is 0. The van der Waals surface area contributed by atoms with Gasteiger partial charge in [-0.1, -0.05) is 6.92 Å². The van der Waals surface area contributed by atoms with Gasteiger partial charge in [0.25, 0.3) is 0 Å². The summed E-state index contributed by atoms with van der Waals surface area (Å²) >= 11 is 0. The van der Waals surface area contributed by atoms with E-state index in [1.807, 2.05) is 0 Å². The average Bonchev–Trinajstić information content (AvgIpc) is 2.04. The van der Waals surface area contributed by atoms with E-state index in [0.29, 0.717) is 12.1 Å². The SMILES string of the molecule is CC1NCCNC(C)C1C. The molecule has 0 aromatic carbocycles. The van der Waals surface area contributed by atoms with E-state index in [0.717, 1.165) is 19.0 Å². The van der Waals surface area contributed by atoms with Crippen LogP contribution in [0.15, 0.2) is 0 Å². The summed E-state index contributed by atoms with van der Waals surface area (Å²) in [6, 6.07) is 1.31. The number of hydrogen-bond acceptors (Lipinski definition) is 2. The molecule has 0 amide bonds. The molecule has 0 bridgehead atoms. The third kappa shape index (κ3) is 1.70. The van der Waals surface area contributed by atoms with Gasteiger partial charge in [-0.05, 0) is 19.8 Å². The molecule has 0 aliphatic carbocycles. The summed E-state index contributed by atoms with van der Waals surface area (Å²) in [6.07, 6.45) is 0. The van der Waals surface area contributed by atoms with Gasteiger partial charge in [0.1, 0.15) is 0 Å². The molecule has 0 aromatic rings. The Labute approximate surface area is 63.4 Å². The second-order valence-corrected chi connectivity index (χ2v) is 3.34. The average molecular weight is 142 g/mol. The molecule has 1 aliphatic heterocycles. The molecule has 1 rings (SSSR count). The van der Waals surface area contributed by atoms with Crippen molar-refractivity contribution in [1.82, 2.24) is 10.6 Å². The van der Waals surface area contributed by atoms with Gasteiger partial charge in [0.05, 0.1) is 0 Å². The zero-order chi connectivity index (χ0) is 7.56. The molecule has 2 heteroatoms. The molecular weight excluding hydrogens is 124 g/mol. The van der Waals surface area contributed by atoms with Gasteiger partial charge < -0.3 is 10.6 Å². The van der Waals surface area contributed by atoms with Crippen LogP contribution < -0.4 is 10.6 Å². The molecule has 1 aliphatic rings. The quantitative estimate of drug-likeness (QED) is 0.517. The molecule has 0 radical (unpaired) electrons. The normalized spacial score (nSPS) is 42.9. The van der Waals surface area contributed by atoms with Crippen molar-refractivity contribution < 1.29 is 0 Å². The van der Waals surface area contributed by atoms with Crippen LogP contribution in [0.3, 0.4) is 0 Å². The first-order valence-corrected chi connectivity index (χ1v) is 4.18. The van der Waals surface area contributed by atoms with E-state index < -0.39 is 0 Å². The van der Waals surface area contributed by atoms with Crippen molar-refractivity contribution in [2.24, 2.45) is 5.92 Å². The van der Waals surface area contributed by atoms with Gasteiger partial charge in [0.2, 0.25) is 0 Å². The van der Waals surface area contributed by atoms with E-state index in [-0.39, 0.29) is 0 Å². The highest BCUT2D eigenvalue weighted by atomic mass is 15.0. The van der Waals surface area contributed by atoms with Crippen LogP contribution in [0.1, 0.15) is 20.8 Å². The van der Waals surface area contributed by atoms with Crippen molar-refractivity contribution >= 4 is 0 Å². The van der Waals surface area contributed by atoms with Crippen LogP contribution >= 0.6 is 0 Å². The summed E-state index contributed by atoms with van der Waals surface area (Å²) in [5, 5.41) is 6.92. The molecule has 0 saturated carbocycles. The molecule has 0 aromatic heterocycles. The molecule has 2 nitrogen and oxygen atoms in total. The summed E-state index contributed by atoms with van der Waals surface area (Å²) < 4.78 is 0. The van der Waals surface area contributed by atoms with Crippen LogP contribution in [-0.2, 0) is 0 Å². The van der Waals surface area contributed by atoms with Gasteiger partial charge >= 0.3 is 0 Å². The van der Waals surface area contributed by atoms with Crippen molar-refractivity contribution in [2.45, 2.75) is 32.9 Å². The Bertz CT molecular complexity index is 91.4. The van der Waals surface area contributed by atoms with Crippen LogP contribution in [0.5, 0.6) is 0 Å². The van der Waals surface area contributed by atoms with Crippen LogP contribution in [0.25, 0.3) is 0 Å². The standard InChI is InChI=1S/C8H18N2/c1-6-7(2)9-4-5-10-8(6)3/h6-10H,4-5H2,1-3H3. The summed E-state index contributed by atoms with van der Waals surface area (Å²) in [6.45, 7) is 9.02. The molecule has 0 spiro atoms. The van der Waals surface area contributed by atoms with Gasteiger partial charge in [0.15, 0.2) is 0 Å². The lowest BCUT2D eigenvalue weighted by Gasteiger charge is -2.22. The second-order valence-electron chi connectivity index (χ2n) is 3.34. The third-order valence-corrected chi connectivity index (χ3v) is 2.63. The Kier molecular flexibility index (Phi) is 2.69. The third-order valence-electron chi connectivity index (χ3n) is 2.63. The Morgan fingerprint density at radius 2 is 1.30 bits per heavy atom. The van der Waals surface area contributed by atoms with Gasteiger partial charge in [-0.25, -0.2) is 0 Å². The van der Waals surface area contributed by atoms with Crippen molar-refractivity contribution in [3.8, 4) is 0 Å². The fourth-order valence-corrected chi connectivity index (χ4v) is 1.40. The Hall–Kier alpha value is -0.0800. The molecule has 1 fully saturated rings. The Morgan fingerprint density at radius 3 is 1.70 bits per heavy atom.